The number of aromatic amines is 1. The van der Waals surface area contributed by atoms with Gasteiger partial charge >= 0.3 is 5.97 Å². The summed E-state index contributed by atoms with van der Waals surface area (Å²) in [4.78, 5) is 31.7. The van der Waals surface area contributed by atoms with Crippen LogP contribution in [0.4, 0.5) is 0 Å². The van der Waals surface area contributed by atoms with E-state index in [1.54, 1.807) is 68.6 Å². The molecule has 0 spiro atoms. The number of furan rings is 1. The molecule has 3 aromatic heterocycles. The van der Waals surface area contributed by atoms with E-state index >= 15 is 0 Å². The third-order valence-electron chi connectivity index (χ3n) is 5.60. The second kappa shape index (κ2) is 8.95. The first-order valence-electron chi connectivity index (χ1n) is 10.9. The molecule has 180 valence electrons. The number of aromatic nitrogens is 2. The molecule has 0 saturated heterocycles. The molecule has 3 N–H and O–H groups in total. The predicted octanol–water partition coefficient (Wildman–Crippen LogP) is 5.34. The number of carboxylic acids is 1. The van der Waals surface area contributed by atoms with Crippen molar-refractivity contribution >= 4 is 5.97 Å². The fourth-order valence-electron chi connectivity index (χ4n) is 3.88. The van der Waals surface area contributed by atoms with Crippen molar-refractivity contribution in [2.24, 2.45) is 0 Å². The molecule has 0 aliphatic heterocycles. The Morgan fingerprint density at radius 2 is 1.72 bits per heavy atom. The zero-order valence-corrected chi connectivity index (χ0v) is 19.2. The number of carboxylic acid groups (broad SMARTS) is 1. The Balaban J connectivity index is 1.67. The number of hydrogen-bond acceptors (Lipinski definition) is 7. The minimum atomic E-state index is -1.07. The van der Waals surface area contributed by atoms with Crippen LogP contribution in [0.1, 0.15) is 16.1 Å². The van der Waals surface area contributed by atoms with Crippen LogP contribution >= 0.6 is 0 Å². The number of aryl methyl sites for hydroxylation is 1. The highest BCUT2D eigenvalue weighted by molar-refractivity contribution is 5.95. The average Bonchev–Trinajstić information content (AvgIpc) is 3.54. The number of imidazole rings is 1. The van der Waals surface area contributed by atoms with Gasteiger partial charge in [0.2, 0.25) is 11.2 Å². The van der Waals surface area contributed by atoms with Gasteiger partial charge in [0.1, 0.15) is 28.7 Å². The Labute approximate surface area is 204 Å². The second-order valence-electron chi connectivity index (χ2n) is 7.95. The molecule has 0 aliphatic rings. The van der Waals surface area contributed by atoms with Crippen molar-refractivity contribution < 1.29 is 28.6 Å². The Kier molecular flexibility index (Phi) is 5.65. The molecule has 0 fully saturated rings. The molecule has 0 saturated carbocycles. The van der Waals surface area contributed by atoms with Gasteiger partial charge in [-0.15, -0.1) is 0 Å². The van der Waals surface area contributed by atoms with Crippen molar-refractivity contribution in [1.29, 1.82) is 0 Å². The van der Waals surface area contributed by atoms with Crippen molar-refractivity contribution in [3.05, 3.63) is 88.3 Å². The van der Waals surface area contributed by atoms with Gasteiger partial charge in [0.15, 0.2) is 17.3 Å². The van der Waals surface area contributed by atoms with Crippen molar-refractivity contribution in [1.82, 2.24) is 9.97 Å². The fraction of sp³-hybridized carbons (Fsp3) is 0.0741. The zero-order valence-electron chi connectivity index (χ0n) is 19.2. The summed E-state index contributed by atoms with van der Waals surface area (Å²) >= 11 is 0. The van der Waals surface area contributed by atoms with E-state index in [-0.39, 0.29) is 17.0 Å². The number of aromatic hydroxyl groups is 1. The topological polar surface area (TPSA) is 139 Å². The average molecular weight is 484 g/mol. The maximum atomic E-state index is 12.3. The first kappa shape index (κ1) is 22.7. The SMILES string of the molecule is COc1ccc(-c2nc(-c3ccc(-c4ccccc4C(=O)O)o3)[nH]c2-c2oc(C)cc(=O)c2O)cc1. The lowest BCUT2D eigenvalue weighted by Crippen LogP contribution is -2.01. The smallest absolute Gasteiger partial charge is 0.336 e. The van der Waals surface area contributed by atoms with Crippen LogP contribution in [-0.2, 0) is 0 Å². The maximum absolute atomic E-state index is 12.3. The number of aromatic carboxylic acids is 1. The standard InChI is InChI=1S/C27H20N2O7/c1-14-13-19(30)24(31)25(35-14)23-22(15-7-9-16(34-2)10-8-15)28-26(29-23)21-12-11-20(36-21)17-5-3-4-6-18(17)27(32)33/h3-13,31H,1-2H3,(H,28,29)(H,32,33). The molecule has 36 heavy (non-hydrogen) atoms. The molecule has 0 amide bonds. The van der Waals surface area contributed by atoms with Crippen molar-refractivity contribution in [2.75, 3.05) is 7.11 Å². The lowest BCUT2D eigenvalue weighted by Gasteiger charge is -2.06. The van der Waals surface area contributed by atoms with Crippen LogP contribution in [0.5, 0.6) is 11.5 Å². The zero-order chi connectivity index (χ0) is 25.4. The lowest BCUT2D eigenvalue weighted by molar-refractivity contribution is 0.0697. The molecule has 5 rings (SSSR count). The number of rotatable bonds is 6. The molecule has 0 radical (unpaired) electrons. The highest BCUT2D eigenvalue weighted by Crippen LogP contribution is 2.38. The third kappa shape index (κ3) is 4.03. The number of carbonyl (C=O) groups is 1. The number of nitrogens with one attached hydrogen (secondary N) is 1. The molecule has 9 nitrogen and oxygen atoms in total. The quantitative estimate of drug-likeness (QED) is 0.293. The first-order valence-corrected chi connectivity index (χ1v) is 10.9. The van der Waals surface area contributed by atoms with Gasteiger partial charge in [-0.1, -0.05) is 18.2 Å². The largest absolute Gasteiger partial charge is 0.501 e. The van der Waals surface area contributed by atoms with Crippen LogP contribution in [-0.4, -0.2) is 33.3 Å². The van der Waals surface area contributed by atoms with Gasteiger partial charge in [0.05, 0.1) is 12.7 Å². The molecule has 2 aromatic carbocycles. The molecule has 0 unspecified atom stereocenters. The Bertz CT molecular complexity index is 1640. The van der Waals surface area contributed by atoms with Crippen LogP contribution in [0.25, 0.3) is 45.6 Å². The molecule has 0 bridgehead atoms. The highest BCUT2D eigenvalue weighted by atomic mass is 16.5. The summed E-state index contributed by atoms with van der Waals surface area (Å²) in [5, 5.41) is 20.0. The van der Waals surface area contributed by atoms with E-state index in [2.05, 4.69) is 9.97 Å². The summed E-state index contributed by atoms with van der Waals surface area (Å²) in [5.41, 5.74) is 1.28. The van der Waals surface area contributed by atoms with Gasteiger partial charge in [-0.3, -0.25) is 4.79 Å². The fourth-order valence-corrected chi connectivity index (χ4v) is 3.88. The normalized spacial score (nSPS) is 10.9. The summed E-state index contributed by atoms with van der Waals surface area (Å²) in [6.07, 6.45) is 0. The highest BCUT2D eigenvalue weighted by Gasteiger charge is 2.23. The van der Waals surface area contributed by atoms with Crippen molar-refractivity contribution in [2.45, 2.75) is 6.92 Å². The van der Waals surface area contributed by atoms with Crippen molar-refractivity contribution in [3.63, 3.8) is 0 Å². The van der Waals surface area contributed by atoms with Gasteiger partial charge < -0.3 is 28.8 Å². The number of hydrogen-bond donors (Lipinski definition) is 3. The van der Waals surface area contributed by atoms with E-state index < -0.39 is 17.1 Å². The maximum Gasteiger partial charge on any atom is 0.336 e. The van der Waals surface area contributed by atoms with E-state index in [0.717, 1.165) is 0 Å². The molecule has 0 aliphatic carbocycles. The molecule has 5 aromatic rings. The monoisotopic (exact) mass is 484 g/mol. The van der Waals surface area contributed by atoms with Gasteiger partial charge in [-0.2, -0.15) is 0 Å². The minimum Gasteiger partial charge on any atom is -0.501 e. The lowest BCUT2D eigenvalue weighted by atomic mass is 10.1. The Hall–Kier alpha value is -5.05. The molecule has 9 heteroatoms. The first-order chi connectivity index (χ1) is 17.4. The number of H-pyrrole nitrogens is 1. The summed E-state index contributed by atoms with van der Waals surface area (Å²) < 4.78 is 16.9. The van der Waals surface area contributed by atoms with E-state index in [9.17, 15) is 19.8 Å². The second-order valence-corrected chi connectivity index (χ2v) is 7.95. The van der Waals surface area contributed by atoms with Crippen LogP contribution in [0.15, 0.2) is 80.4 Å². The van der Waals surface area contributed by atoms with E-state index in [4.69, 9.17) is 13.6 Å². The Morgan fingerprint density at radius 1 is 1.00 bits per heavy atom. The predicted molar refractivity (Wildman–Crippen MR) is 131 cm³/mol. The van der Waals surface area contributed by atoms with E-state index in [1.165, 1.54) is 12.1 Å². The van der Waals surface area contributed by atoms with Gasteiger partial charge in [-0.05, 0) is 49.4 Å². The number of nitrogens with zero attached hydrogens (tertiary/aromatic N) is 1. The molecule has 0 atom stereocenters. The summed E-state index contributed by atoms with van der Waals surface area (Å²) in [6.45, 7) is 1.60. The van der Waals surface area contributed by atoms with Crippen LogP contribution in [0.2, 0.25) is 0 Å². The molecular weight excluding hydrogens is 464 g/mol. The van der Waals surface area contributed by atoms with Crippen LogP contribution in [0.3, 0.4) is 0 Å². The van der Waals surface area contributed by atoms with Crippen LogP contribution in [0, 0.1) is 6.92 Å². The van der Waals surface area contributed by atoms with Gasteiger partial charge in [0, 0.05) is 17.2 Å². The van der Waals surface area contributed by atoms with E-state index in [0.29, 0.717) is 45.7 Å². The van der Waals surface area contributed by atoms with E-state index in [1.807, 2.05) is 0 Å². The van der Waals surface area contributed by atoms with Crippen LogP contribution < -0.4 is 10.2 Å². The summed E-state index contributed by atoms with van der Waals surface area (Å²) in [6, 6.07) is 18.1. The third-order valence-corrected chi connectivity index (χ3v) is 5.60. The van der Waals surface area contributed by atoms with Gasteiger partial charge in [0.25, 0.3) is 0 Å². The Morgan fingerprint density at radius 3 is 2.44 bits per heavy atom. The molecule has 3 heterocycles. The minimum absolute atomic E-state index is 0.0624. The van der Waals surface area contributed by atoms with Gasteiger partial charge in [-0.25, -0.2) is 9.78 Å². The summed E-state index contributed by atoms with van der Waals surface area (Å²) in [5.74, 6) is 0.226. The number of methoxy groups -OCH3 is 1. The van der Waals surface area contributed by atoms with Crippen molar-refractivity contribution in [3.8, 4) is 57.1 Å². The summed E-state index contributed by atoms with van der Waals surface area (Å²) in [7, 11) is 1.56. The number of ether oxygens (including phenoxy) is 1. The molecular formula is C27H20N2O7. The number of benzene rings is 2.